The molecule has 0 spiro atoms. The second kappa shape index (κ2) is 4.18. The molecule has 104 valence electrons. The Balaban J connectivity index is 2.02. The Kier molecular flexibility index (Phi) is 2.27. The van der Waals surface area contributed by atoms with Crippen molar-refractivity contribution >= 4 is 38.8 Å². The molecule has 4 heteroatoms. The highest BCUT2D eigenvalue weighted by Crippen LogP contribution is 2.37. The summed E-state index contributed by atoms with van der Waals surface area (Å²) in [7, 11) is 0. The topological polar surface area (TPSA) is 30.2 Å². The van der Waals surface area contributed by atoms with Crippen molar-refractivity contribution in [3.05, 3.63) is 65.7 Å². The normalized spacial score (nSPS) is 11.9. The molecular weight excluding hydrogens is 294 g/mol. The molecule has 2 heterocycles. The number of rotatable bonds is 1. The first-order chi connectivity index (χ1) is 10.8. The van der Waals surface area contributed by atoms with E-state index in [-0.39, 0.29) is 0 Å². The van der Waals surface area contributed by atoms with Crippen molar-refractivity contribution < 1.29 is 0 Å². The van der Waals surface area contributed by atoms with E-state index in [9.17, 15) is 0 Å². The van der Waals surface area contributed by atoms with E-state index in [1.54, 1.807) is 0 Å². The van der Waals surface area contributed by atoms with Gasteiger partial charge in [0.15, 0.2) is 0 Å². The molecule has 2 aromatic heterocycles. The molecule has 0 aliphatic heterocycles. The first-order valence-electron chi connectivity index (χ1n) is 7.08. The van der Waals surface area contributed by atoms with Crippen molar-refractivity contribution in [2.75, 3.05) is 0 Å². The number of nitrogens with zero attached hydrogens (tertiary/aromatic N) is 3. The van der Waals surface area contributed by atoms with Crippen LogP contribution >= 0.6 is 11.6 Å². The number of halogens is 1. The molecular formula is C18H10ClN3. The minimum atomic E-state index is 0.689. The predicted octanol–water partition coefficient (Wildman–Crippen LogP) is 4.79. The number of hydrogen-bond donors (Lipinski definition) is 0. The van der Waals surface area contributed by atoms with Crippen LogP contribution in [-0.2, 0) is 0 Å². The van der Waals surface area contributed by atoms with Gasteiger partial charge >= 0.3 is 0 Å². The molecule has 0 unspecified atom stereocenters. The van der Waals surface area contributed by atoms with E-state index >= 15 is 0 Å². The SMILES string of the molecule is Clc1ccccc1-c1nnn2c3cccc4cccc(c43)c12. The van der Waals surface area contributed by atoms with Gasteiger partial charge in [0.05, 0.1) is 10.5 Å². The van der Waals surface area contributed by atoms with Gasteiger partial charge in [-0.15, -0.1) is 5.10 Å². The molecule has 0 amide bonds. The van der Waals surface area contributed by atoms with Crippen LogP contribution in [0.25, 0.3) is 38.4 Å². The summed E-state index contributed by atoms with van der Waals surface area (Å²) in [6.07, 6.45) is 0. The van der Waals surface area contributed by atoms with Gasteiger partial charge < -0.3 is 0 Å². The average Bonchev–Trinajstić information content (AvgIpc) is 3.10. The van der Waals surface area contributed by atoms with E-state index in [2.05, 4.69) is 40.6 Å². The van der Waals surface area contributed by atoms with Crippen molar-refractivity contribution in [2.45, 2.75) is 0 Å². The molecule has 0 bridgehead atoms. The van der Waals surface area contributed by atoms with Crippen molar-refractivity contribution in [2.24, 2.45) is 0 Å². The average molecular weight is 304 g/mol. The summed E-state index contributed by atoms with van der Waals surface area (Å²) in [4.78, 5) is 0. The summed E-state index contributed by atoms with van der Waals surface area (Å²) < 4.78 is 1.91. The lowest BCUT2D eigenvalue weighted by molar-refractivity contribution is 0.889. The van der Waals surface area contributed by atoms with Crippen LogP contribution in [0.5, 0.6) is 0 Å². The zero-order valence-electron chi connectivity index (χ0n) is 11.5. The Morgan fingerprint density at radius 1 is 0.864 bits per heavy atom. The molecule has 5 aromatic rings. The maximum atomic E-state index is 6.35. The van der Waals surface area contributed by atoms with Crippen LogP contribution in [0.4, 0.5) is 0 Å². The minimum Gasteiger partial charge on any atom is -0.212 e. The smallest absolute Gasteiger partial charge is 0.123 e. The van der Waals surface area contributed by atoms with Crippen molar-refractivity contribution in [1.29, 1.82) is 0 Å². The molecule has 0 N–H and O–H groups in total. The molecule has 0 radical (unpaired) electrons. The fraction of sp³-hybridized carbons (Fsp3) is 0. The number of aromatic nitrogens is 3. The van der Waals surface area contributed by atoms with Gasteiger partial charge in [-0.05, 0) is 17.5 Å². The van der Waals surface area contributed by atoms with Crippen LogP contribution in [0, 0.1) is 0 Å². The number of benzene rings is 3. The van der Waals surface area contributed by atoms with E-state index in [1.807, 2.05) is 34.8 Å². The van der Waals surface area contributed by atoms with Gasteiger partial charge in [-0.2, -0.15) is 0 Å². The molecule has 0 saturated heterocycles. The molecule has 3 nitrogen and oxygen atoms in total. The van der Waals surface area contributed by atoms with E-state index in [4.69, 9.17) is 11.6 Å². The summed E-state index contributed by atoms with van der Waals surface area (Å²) in [5, 5.41) is 13.0. The van der Waals surface area contributed by atoms with Crippen LogP contribution < -0.4 is 0 Å². The number of hydrogen-bond acceptors (Lipinski definition) is 2. The van der Waals surface area contributed by atoms with Gasteiger partial charge in [0, 0.05) is 16.3 Å². The van der Waals surface area contributed by atoms with Gasteiger partial charge in [0.1, 0.15) is 11.2 Å². The fourth-order valence-electron chi connectivity index (χ4n) is 3.22. The third-order valence-electron chi connectivity index (χ3n) is 4.17. The second-order valence-electron chi connectivity index (χ2n) is 5.36. The molecule has 5 rings (SSSR count). The van der Waals surface area contributed by atoms with Crippen LogP contribution in [0.15, 0.2) is 60.7 Å². The monoisotopic (exact) mass is 303 g/mol. The van der Waals surface area contributed by atoms with Gasteiger partial charge in [-0.25, -0.2) is 4.52 Å². The minimum absolute atomic E-state index is 0.689. The summed E-state index contributed by atoms with van der Waals surface area (Å²) in [6, 6.07) is 20.3. The molecule has 0 saturated carbocycles. The Labute approximate surface area is 131 Å². The fourth-order valence-corrected chi connectivity index (χ4v) is 3.45. The van der Waals surface area contributed by atoms with Crippen LogP contribution in [-0.4, -0.2) is 14.8 Å². The first kappa shape index (κ1) is 12.0. The van der Waals surface area contributed by atoms with Crippen molar-refractivity contribution in [3.8, 4) is 11.3 Å². The summed E-state index contributed by atoms with van der Waals surface area (Å²) in [5.41, 5.74) is 3.83. The molecule has 3 aromatic carbocycles. The second-order valence-corrected chi connectivity index (χ2v) is 5.77. The van der Waals surface area contributed by atoms with Gasteiger partial charge in [-0.1, -0.05) is 65.3 Å². The highest BCUT2D eigenvalue weighted by Gasteiger charge is 2.19. The lowest BCUT2D eigenvalue weighted by Gasteiger charge is -2.00. The van der Waals surface area contributed by atoms with E-state index in [0.717, 1.165) is 27.7 Å². The lowest BCUT2D eigenvalue weighted by Crippen LogP contribution is -1.83. The van der Waals surface area contributed by atoms with Crippen LogP contribution in [0.3, 0.4) is 0 Å². The molecule has 22 heavy (non-hydrogen) atoms. The highest BCUT2D eigenvalue weighted by atomic mass is 35.5. The molecule has 0 aliphatic carbocycles. The van der Waals surface area contributed by atoms with Gasteiger partial charge in [-0.3, -0.25) is 0 Å². The standard InChI is InChI=1S/C18H10ClN3/c19-14-9-2-1-7-12(14)17-18-13-8-3-5-11-6-4-10-15(16(11)13)22(18)21-20-17/h1-10H. The Morgan fingerprint density at radius 2 is 1.68 bits per heavy atom. The van der Waals surface area contributed by atoms with Gasteiger partial charge in [0.2, 0.25) is 0 Å². The number of fused-ring (bicyclic) bond motifs is 3. The summed E-state index contributed by atoms with van der Waals surface area (Å²) in [5.74, 6) is 0. The van der Waals surface area contributed by atoms with E-state index < -0.39 is 0 Å². The zero-order valence-corrected chi connectivity index (χ0v) is 12.2. The van der Waals surface area contributed by atoms with Crippen molar-refractivity contribution in [1.82, 2.24) is 14.8 Å². The molecule has 0 fully saturated rings. The molecule has 0 atom stereocenters. The first-order valence-corrected chi connectivity index (χ1v) is 7.45. The van der Waals surface area contributed by atoms with Crippen LogP contribution in [0.2, 0.25) is 5.02 Å². The van der Waals surface area contributed by atoms with E-state index in [1.165, 1.54) is 10.8 Å². The lowest BCUT2D eigenvalue weighted by atomic mass is 10.1. The van der Waals surface area contributed by atoms with Gasteiger partial charge in [0.25, 0.3) is 0 Å². The maximum absolute atomic E-state index is 6.35. The summed E-state index contributed by atoms with van der Waals surface area (Å²) >= 11 is 6.35. The Bertz CT molecular complexity index is 1140. The van der Waals surface area contributed by atoms with E-state index in [0.29, 0.717) is 5.02 Å². The molecule has 0 aliphatic rings. The Hall–Kier alpha value is -2.65. The predicted molar refractivity (Wildman–Crippen MR) is 89.6 cm³/mol. The summed E-state index contributed by atoms with van der Waals surface area (Å²) in [6.45, 7) is 0. The largest absolute Gasteiger partial charge is 0.212 e. The quantitative estimate of drug-likeness (QED) is 0.445. The highest BCUT2D eigenvalue weighted by molar-refractivity contribution is 6.33. The zero-order chi connectivity index (χ0) is 14.7. The third kappa shape index (κ3) is 1.41. The van der Waals surface area contributed by atoms with Crippen molar-refractivity contribution in [3.63, 3.8) is 0 Å². The Morgan fingerprint density at radius 3 is 2.55 bits per heavy atom. The van der Waals surface area contributed by atoms with Crippen LogP contribution in [0.1, 0.15) is 0 Å². The maximum Gasteiger partial charge on any atom is 0.123 e. The third-order valence-corrected chi connectivity index (χ3v) is 4.49.